The Balaban J connectivity index is 2.70. The number of pyridine rings is 1. The molecule has 0 aliphatic heterocycles. The minimum Gasteiger partial charge on any atom is -0.481 e. The van der Waals surface area contributed by atoms with Crippen LogP contribution in [0, 0.1) is 5.92 Å². The number of nitrogens with zero attached hydrogens (tertiary/aromatic N) is 2. The van der Waals surface area contributed by atoms with Crippen LogP contribution in [-0.4, -0.2) is 36.6 Å². The largest absolute Gasteiger partial charge is 0.481 e. The zero-order valence-corrected chi connectivity index (χ0v) is 11.0. The molecule has 0 saturated carbocycles. The van der Waals surface area contributed by atoms with Crippen LogP contribution in [0.4, 0.5) is 0 Å². The number of aromatic nitrogens is 1. The van der Waals surface area contributed by atoms with Gasteiger partial charge in [0, 0.05) is 37.9 Å². The van der Waals surface area contributed by atoms with Crippen LogP contribution in [0.25, 0.3) is 0 Å². The summed E-state index contributed by atoms with van der Waals surface area (Å²) in [5.74, 6) is 1.34. The Bertz CT molecular complexity index is 328. The van der Waals surface area contributed by atoms with Gasteiger partial charge in [0.2, 0.25) is 5.88 Å². The van der Waals surface area contributed by atoms with Crippen LogP contribution in [-0.2, 0) is 6.54 Å². The Labute approximate surface area is 104 Å². The monoisotopic (exact) mass is 237 g/mol. The van der Waals surface area contributed by atoms with Gasteiger partial charge in [0.1, 0.15) is 0 Å². The summed E-state index contributed by atoms with van der Waals surface area (Å²) in [5.41, 5.74) is 6.76. The van der Waals surface area contributed by atoms with E-state index in [2.05, 4.69) is 29.8 Å². The second-order valence-corrected chi connectivity index (χ2v) is 4.59. The van der Waals surface area contributed by atoms with E-state index in [1.54, 1.807) is 13.3 Å². The van der Waals surface area contributed by atoms with Crippen molar-refractivity contribution in [3.05, 3.63) is 23.9 Å². The average Bonchev–Trinajstić information content (AvgIpc) is 2.29. The molecule has 0 spiro atoms. The summed E-state index contributed by atoms with van der Waals surface area (Å²) in [6.07, 6.45) is 1.75. The van der Waals surface area contributed by atoms with Gasteiger partial charge in [-0.15, -0.1) is 0 Å². The van der Waals surface area contributed by atoms with E-state index in [1.165, 1.54) is 0 Å². The molecule has 0 aromatic carbocycles. The predicted molar refractivity (Wildman–Crippen MR) is 70.0 cm³/mol. The van der Waals surface area contributed by atoms with Crippen molar-refractivity contribution < 1.29 is 4.74 Å². The first-order valence-electron chi connectivity index (χ1n) is 6.07. The van der Waals surface area contributed by atoms with Crippen molar-refractivity contribution in [3.8, 4) is 5.88 Å². The van der Waals surface area contributed by atoms with E-state index >= 15 is 0 Å². The maximum atomic E-state index is 5.64. The number of hydrogen-bond acceptors (Lipinski definition) is 4. The highest BCUT2D eigenvalue weighted by Crippen LogP contribution is 2.16. The molecule has 0 amide bonds. The van der Waals surface area contributed by atoms with Crippen LogP contribution in [0.2, 0.25) is 0 Å². The van der Waals surface area contributed by atoms with Crippen molar-refractivity contribution in [3.63, 3.8) is 0 Å². The van der Waals surface area contributed by atoms with E-state index in [0.717, 1.165) is 25.2 Å². The molecule has 0 atom stereocenters. The zero-order chi connectivity index (χ0) is 12.7. The van der Waals surface area contributed by atoms with Gasteiger partial charge >= 0.3 is 0 Å². The second-order valence-electron chi connectivity index (χ2n) is 4.59. The van der Waals surface area contributed by atoms with Crippen molar-refractivity contribution in [2.45, 2.75) is 20.4 Å². The van der Waals surface area contributed by atoms with Gasteiger partial charge in [0.25, 0.3) is 0 Å². The molecule has 4 nitrogen and oxygen atoms in total. The van der Waals surface area contributed by atoms with E-state index in [1.807, 2.05) is 6.07 Å². The summed E-state index contributed by atoms with van der Waals surface area (Å²) in [7, 11) is 1.65. The maximum absolute atomic E-state index is 5.64. The van der Waals surface area contributed by atoms with E-state index in [9.17, 15) is 0 Å². The Morgan fingerprint density at radius 2 is 2.24 bits per heavy atom. The van der Waals surface area contributed by atoms with Crippen LogP contribution in [0.1, 0.15) is 19.4 Å². The SMILES string of the molecule is COc1ncccc1CN(CCN)CC(C)C. The van der Waals surface area contributed by atoms with Gasteiger partial charge in [-0.25, -0.2) is 4.98 Å². The highest BCUT2D eigenvalue weighted by atomic mass is 16.5. The number of rotatable bonds is 7. The first kappa shape index (κ1) is 13.9. The molecule has 0 unspecified atom stereocenters. The van der Waals surface area contributed by atoms with Gasteiger partial charge in [-0.1, -0.05) is 19.9 Å². The van der Waals surface area contributed by atoms with Crippen molar-refractivity contribution in [2.24, 2.45) is 11.7 Å². The molecule has 1 aromatic rings. The first-order chi connectivity index (χ1) is 8.17. The average molecular weight is 237 g/mol. The quantitative estimate of drug-likeness (QED) is 0.781. The van der Waals surface area contributed by atoms with Crippen molar-refractivity contribution >= 4 is 0 Å². The maximum Gasteiger partial charge on any atom is 0.217 e. The molecule has 1 aromatic heterocycles. The third-order valence-corrected chi connectivity index (χ3v) is 2.51. The van der Waals surface area contributed by atoms with Crippen LogP contribution < -0.4 is 10.5 Å². The Kier molecular flexibility index (Phi) is 5.94. The molecule has 2 N–H and O–H groups in total. The van der Waals surface area contributed by atoms with Crippen molar-refractivity contribution in [1.29, 1.82) is 0 Å². The fraction of sp³-hybridized carbons (Fsp3) is 0.615. The van der Waals surface area contributed by atoms with Crippen LogP contribution in [0.3, 0.4) is 0 Å². The van der Waals surface area contributed by atoms with Crippen molar-refractivity contribution in [1.82, 2.24) is 9.88 Å². The molecule has 0 bridgehead atoms. The Morgan fingerprint density at radius 3 is 2.82 bits per heavy atom. The lowest BCUT2D eigenvalue weighted by Crippen LogP contribution is -2.32. The standard InChI is InChI=1S/C13H23N3O/c1-11(2)9-16(8-6-14)10-12-5-4-7-15-13(12)17-3/h4-5,7,11H,6,8-10,14H2,1-3H3. The molecule has 0 fully saturated rings. The van der Waals surface area contributed by atoms with Gasteiger partial charge < -0.3 is 10.5 Å². The van der Waals surface area contributed by atoms with Gasteiger partial charge in [0.05, 0.1) is 7.11 Å². The van der Waals surface area contributed by atoms with E-state index < -0.39 is 0 Å². The number of nitrogens with two attached hydrogens (primary N) is 1. The highest BCUT2D eigenvalue weighted by molar-refractivity contribution is 5.25. The summed E-state index contributed by atoms with van der Waals surface area (Å²) in [6, 6.07) is 3.99. The minimum atomic E-state index is 0.629. The lowest BCUT2D eigenvalue weighted by atomic mass is 10.2. The number of methoxy groups -OCH3 is 1. The summed E-state index contributed by atoms with van der Waals surface area (Å²) >= 11 is 0. The van der Waals surface area contributed by atoms with Gasteiger partial charge in [-0.2, -0.15) is 0 Å². The van der Waals surface area contributed by atoms with E-state index in [4.69, 9.17) is 10.5 Å². The lowest BCUT2D eigenvalue weighted by molar-refractivity contribution is 0.238. The molecule has 0 radical (unpaired) electrons. The van der Waals surface area contributed by atoms with Crippen LogP contribution >= 0.6 is 0 Å². The topological polar surface area (TPSA) is 51.4 Å². The lowest BCUT2D eigenvalue weighted by Gasteiger charge is -2.24. The molecule has 1 heterocycles. The number of ether oxygens (including phenoxy) is 1. The second kappa shape index (κ2) is 7.25. The smallest absolute Gasteiger partial charge is 0.217 e. The fourth-order valence-corrected chi connectivity index (χ4v) is 1.90. The summed E-state index contributed by atoms with van der Waals surface area (Å²) in [4.78, 5) is 6.55. The zero-order valence-electron chi connectivity index (χ0n) is 11.0. The molecular weight excluding hydrogens is 214 g/mol. The Hall–Kier alpha value is -1.13. The normalized spacial score (nSPS) is 11.2. The predicted octanol–water partition coefficient (Wildman–Crippen LogP) is 1.51. The van der Waals surface area contributed by atoms with E-state index in [-0.39, 0.29) is 0 Å². The fourth-order valence-electron chi connectivity index (χ4n) is 1.90. The summed E-state index contributed by atoms with van der Waals surface area (Å²) in [5, 5.41) is 0. The van der Waals surface area contributed by atoms with Crippen molar-refractivity contribution in [2.75, 3.05) is 26.7 Å². The van der Waals surface area contributed by atoms with Gasteiger partial charge in [0.15, 0.2) is 0 Å². The molecule has 0 saturated heterocycles. The molecule has 0 aliphatic rings. The summed E-state index contributed by atoms with van der Waals surface area (Å²) in [6.45, 7) is 7.88. The molecule has 4 heteroatoms. The molecule has 17 heavy (non-hydrogen) atoms. The highest BCUT2D eigenvalue weighted by Gasteiger charge is 2.11. The summed E-state index contributed by atoms with van der Waals surface area (Å²) < 4.78 is 5.26. The first-order valence-corrected chi connectivity index (χ1v) is 6.07. The van der Waals surface area contributed by atoms with E-state index in [0.29, 0.717) is 18.3 Å². The van der Waals surface area contributed by atoms with Gasteiger partial charge in [-0.05, 0) is 12.0 Å². The molecule has 96 valence electrons. The van der Waals surface area contributed by atoms with Gasteiger partial charge in [-0.3, -0.25) is 4.90 Å². The minimum absolute atomic E-state index is 0.629. The van der Waals surface area contributed by atoms with Crippen LogP contribution in [0.15, 0.2) is 18.3 Å². The van der Waals surface area contributed by atoms with Crippen LogP contribution in [0.5, 0.6) is 5.88 Å². The molecular formula is C13H23N3O. The third kappa shape index (κ3) is 4.71. The molecule has 1 rings (SSSR count). The molecule has 0 aliphatic carbocycles. The number of hydrogen-bond donors (Lipinski definition) is 1. The Morgan fingerprint density at radius 1 is 1.47 bits per heavy atom. The third-order valence-electron chi connectivity index (χ3n) is 2.51.